The molecule has 0 spiro atoms. The van der Waals surface area contributed by atoms with Crippen molar-refractivity contribution >= 4 is 33.2 Å². The molecule has 0 radical (unpaired) electrons. The molecule has 1 aliphatic heterocycles. The van der Waals surface area contributed by atoms with Gasteiger partial charge in [-0.05, 0) is 37.1 Å². The van der Waals surface area contributed by atoms with E-state index in [-0.39, 0.29) is 27.9 Å². The first-order valence-corrected chi connectivity index (χ1v) is 9.82. The van der Waals surface area contributed by atoms with Crippen LogP contribution >= 0.6 is 0 Å². The molecular formula is C17H19FN4O4S. The highest BCUT2D eigenvalue weighted by atomic mass is 32.2. The summed E-state index contributed by atoms with van der Waals surface area (Å²) in [6, 6.07) is 4.72. The fourth-order valence-electron chi connectivity index (χ4n) is 2.83. The molecule has 144 valence electrons. The van der Waals surface area contributed by atoms with E-state index in [4.69, 9.17) is 0 Å². The Hall–Kier alpha value is -2.88. The van der Waals surface area contributed by atoms with Crippen molar-refractivity contribution in [2.45, 2.75) is 24.7 Å². The van der Waals surface area contributed by atoms with Crippen molar-refractivity contribution in [1.82, 2.24) is 9.88 Å². The second-order valence-corrected chi connectivity index (χ2v) is 7.91. The van der Waals surface area contributed by atoms with Crippen LogP contribution in [0.4, 0.5) is 15.8 Å². The summed E-state index contributed by atoms with van der Waals surface area (Å²) < 4.78 is 41.1. The van der Waals surface area contributed by atoms with Gasteiger partial charge in [0.2, 0.25) is 5.91 Å². The number of likely N-dealkylation sites (tertiary alicyclic amines) is 1. The summed E-state index contributed by atoms with van der Waals surface area (Å²) in [5.41, 5.74) is 0.130. The van der Waals surface area contributed by atoms with Crippen LogP contribution in [0.3, 0.4) is 0 Å². The third-order valence-corrected chi connectivity index (χ3v) is 5.48. The second-order valence-electron chi connectivity index (χ2n) is 6.23. The van der Waals surface area contributed by atoms with Gasteiger partial charge < -0.3 is 15.2 Å². The Balaban J connectivity index is 1.79. The molecule has 2 heterocycles. The van der Waals surface area contributed by atoms with Gasteiger partial charge >= 0.3 is 0 Å². The van der Waals surface area contributed by atoms with E-state index in [1.165, 1.54) is 31.3 Å². The average Bonchev–Trinajstić information content (AvgIpc) is 3.28. The number of hydrogen-bond acceptors (Lipinski definition) is 4. The zero-order valence-corrected chi connectivity index (χ0v) is 15.4. The van der Waals surface area contributed by atoms with Gasteiger partial charge in [-0.2, -0.15) is 0 Å². The monoisotopic (exact) mass is 394 g/mol. The minimum Gasteiger partial charge on any atom is -0.356 e. The highest BCUT2D eigenvalue weighted by molar-refractivity contribution is 7.92. The molecular weight excluding hydrogens is 375 g/mol. The van der Waals surface area contributed by atoms with Gasteiger partial charge in [0, 0.05) is 26.2 Å². The summed E-state index contributed by atoms with van der Waals surface area (Å²) in [6.45, 7) is 2.52. The third-order valence-electron chi connectivity index (χ3n) is 4.12. The smallest absolute Gasteiger partial charge is 0.270 e. The van der Waals surface area contributed by atoms with Crippen molar-refractivity contribution in [3.05, 3.63) is 42.0 Å². The summed E-state index contributed by atoms with van der Waals surface area (Å²) in [4.78, 5) is 27.7. The normalized spacial score (nSPS) is 14.2. The Kier molecular flexibility index (Phi) is 5.17. The summed E-state index contributed by atoms with van der Waals surface area (Å²) in [7, 11) is -3.99. The Morgan fingerprint density at radius 1 is 1.19 bits per heavy atom. The van der Waals surface area contributed by atoms with Crippen molar-refractivity contribution in [1.29, 1.82) is 0 Å². The first kappa shape index (κ1) is 18.9. The summed E-state index contributed by atoms with van der Waals surface area (Å²) in [5, 5.41) is 2.28. The molecule has 8 nitrogen and oxygen atoms in total. The van der Waals surface area contributed by atoms with E-state index in [1.807, 2.05) is 0 Å². The van der Waals surface area contributed by atoms with Crippen molar-refractivity contribution in [3.8, 4) is 0 Å². The lowest BCUT2D eigenvalue weighted by Gasteiger charge is -2.13. The Morgan fingerprint density at radius 3 is 2.56 bits per heavy atom. The molecule has 3 rings (SSSR count). The predicted octanol–water partition coefficient (Wildman–Crippen LogP) is 2.15. The standard InChI is InChI=1S/C17H19FN4O4S/c1-11(23)20-15-8-12(4-5-14(15)18)21-27(25,26)13-9-16(19-10-13)17(24)22-6-2-3-7-22/h4-5,8-10,19,21H,2-3,6-7H2,1H3,(H,20,23). The topological polar surface area (TPSA) is 111 Å². The van der Waals surface area contributed by atoms with Crippen LogP contribution in [0.15, 0.2) is 35.4 Å². The van der Waals surface area contributed by atoms with Gasteiger partial charge in [-0.1, -0.05) is 0 Å². The molecule has 0 aliphatic carbocycles. The molecule has 1 saturated heterocycles. The number of nitrogens with zero attached hydrogens (tertiary/aromatic N) is 1. The highest BCUT2D eigenvalue weighted by Gasteiger charge is 2.24. The summed E-state index contributed by atoms with van der Waals surface area (Å²) >= 11 is 0. The van der Waals surface area contributed by atoms with Crippen molar-refractivity contribution in [2.24, 2.45) is 0 Å². The maximum atomic E-state index is 13.7. The molecule has 0 atom stereocenters. The van der Waals surface area contributed by atoms with Crippen LogP contribution in [0.25, 0.3) is 0 Å². The number of amides is 2. The number of nitrogens with one attached hydrogen (secondary N) is 3. The molecule has 1 aromatic carbocycles. The first-order valence-electron chi connectivity index (χ1n) is 8.34. The van der Waals surface area contributed by atoms with E-state index in [1.54, 1.807) is 4.90 Å². The van der Waals surface area contributed by atoms with E-state index in [0.717, 1.165) is 18.9 Å². The maximum absolute atomic E-state index is 13.7. The number of carbonyl (C=O) groups is 2. The lowest BCUT2D eigenvalue weighted by atomic mass is 10.2. The number of aromatic nitrogens is 1. The summed E-state index contributed by atoms with van der Waals surface area (Å²) in [6.07, 6.45) is 3.09. The lowest BCUT2D eigenvalue weighted by molar-refractivity contribution is -0.114. The zero-order valence-electron chi connectivity index (χ0n) is 14.6. The van der Waals surface area contributed by atoms with Crippen LogP contribution in [0.1, 0.15) is 30.3 Å². The minimum absolute atomic E-state index is 0.0776. The van der Waals surface area contributed by atoms with Crippen LogP contribution in [0.2, 0.25) is 0 Å². The number of hydrogen-bond donors (Lipinski definition) is 3. The molecule has 0 saturated carbocycles. The average molecular weight is 394 g/mol. The number of sulfonamides is 1. The second kappa shape index (κ2) is 7.39. The van der Waals surface area contributed by atoms with Crippen molar-refractivity contribution in [3.63, 3.8) is 0 Å². The van der Waals surface area contributed by atoms with E-state index in [9.17, 15) is 22.4 Å². The largest absolute Gasteiger partial charge is 0.356 e. The molecule has 27 heavy (non-hydrogen) atoms. The Bertz CT molecular complexity index is 981. The number of aromatic amines is 1. The van der Waals surface area contributed by atoms with Gasteiger partial charge in [-0.3, -0.25) is 14.3 Å². The van der Waals surface area contributed by atoms with Gasteiger partial charge in [-0.15, -0.1) is 0 Å². The molecule has 0 bridgehead atoms. The van der Waals surface area contributed by atoms with Gasteiger partial charge in [0.1, 0.15) is 16.4 Å². The van der Waals surface area contributed by atoms with E-state index in [2.05, 4.69) is 15.0 Å². The third kappa shape index (κ3) is 4.27. The van der Waals surface area contributed by atoms with Crippen LogP contribution < -0.4 is 10.0 Å². The Labute approximate surface area is 155 Å². The number of anilines is 2. The summed E-state index contributed by atoms with van der Waals surface area (Å²) in [5.74, 6) is -1.42. The quantitative estimate of drug-likeness (QED) is 0.721. The first-order chi connectivity index (χ1) is 12.8. The van der Waals surface area contributed by atoms with Crippen LogP contribution in [0, 0.1) is 5.82 Å². The molecule has 1 aliphatic rings. The maximum Gasteiger partial charge on any atom is 0.270 e. The molecule has 2 amide bonds. The van der Waals surface area contributed by atoms with Gasteiger partial charge in [0.05, 0.1) is 11.4 Å². The molecule has 0 unspecified atom stereocenters. The van der Waals surface area contributed by atoms with Crippen molar-refractivity contribution < 1.29 is 22.4 Å². The van der Waals surface area contributed by atoms with Gasteiger partial charge in [0.15, 0.2) is 0 Å². The number of H-pyrrole nitrogens is 1. The molecule has 1 aromatic heterocycles. The number of rotatable bonds is 5. The van der Waals surface area contributed by atoms with Gasteiger partial charge in [-0.25, -0.2) is 12.8 Å². The molecule has 1 fully saturated rings. The molecule has 10 heteroatoms. The zero-order chi connectivity index (χ0) is 19.6. The number of halogens is 1. The van der Waals surface area contributed by atoms with E-state index < -0.39 is 21.7 Å². The van der Waals surface area contributed by atoms with Crippen LogP contribution in [-0.2, 0) is 14.8 Å². The number of carbonyl (C=O) groups excluding carboxylic acids is 2. The van der Waals surface area contributed by atoms with E-state index in [0.29, 0.717) is 13.1 Å². The number of benzene rings is 1. The molecule has 2 aromatic rings. The van der Waals surface area contributed by atoms with E-state index >= 15 is 0 Å². The SMILES string of the molecule is CC(=O)Nc1cc(NS(=O)(=O)c2c[nH]c(C(=O)N3CCCC3)c2)ccc1F. The van der Waals surface area contributed by atoms with Crippen molar-refractivity contribution in [2.75, 3.05) is 23.1 Å². The Morgan fingerprint density at radius 2 is 1.89 bits per heavy atom. The fraction of sp³-hybridized carbons (Fsp3) is 0.294. The van der Waals surface area contributed by atoms with Gasteiger partial charge in [0.25, 0.3) is 15.9 Å². The highest BCUT2D eigenvalue weighted by Crippen LogP contribution is 2.23. The lowest BCUT2D eigenvalue weighted by Crippen LogP contribution is -2.27. The predicted molar refractivity (Wildman–Crippen MR) is 97.4 cm³/mol. The van der Waals surface area contributed by atoms with Crippen LogP contribution in [-0.4, -0.2) is 43.2 Å². The fourth-order valence-corrected chi connectivity index (χ4v) is 3.87. The molecule has 3 N–H and O–H groups in total. The minimum atomic E-state index is -3.99. The van der Waals surface area contributed by atoms with Crippen LogP contribution in [0.5, 0.6) is 0 Å².